The topological polar surface area (TPSA) is 69.7 Å². The van der Waals surface area contributed by atoms with Crippen molar-refractivity contribution in [1.29, 1.82) is 0 Å². The van der Waals surface area contributed by atoms with Crippen LogP contribution in [0.2, 0.25) is 0 Å². The molecule has 0 bridgehead atoms. The zero-order valence-corrected chi connectivity index (χ0v) is 14.8. The zero-order chi connectivity index (χ0) is 17.9. The third-order valence-electron chi connectivity index (χ3n) is 4.88. The van der Waals surface area contributed by atoms with E-state index in [1.54, 1.807) is 25.4 Å². The third kappa shape index (κ3) is 3.37. The number of aromatic nitrogens is 1. The number of fused-ring (bicyclic) bond motifs is 1. The Hall–Kier alpha value is -2.60. The van der Waals surface area contributed by atoms with Gasteiger partial charge in [0.1, 0.15) is 11.9 Å². The van der Waals surface area contributed by atoms with Crippen LogP contribution in [0.25, 0.3) is 0 Å². The van der Waals surface area contributed by atoms with Gasteiger partial charge in [-0.2, -0.15) is 0 Å². The zero-order valence-electron chi connectivity index (χ0n) is 14.8. The highest BCUT2D eigenvalue weighted by atomic mass is 16.5. The standard InChI is InChI=1S/C20H22N2O4/c1-24-17-6-5-13-3-2-4-16(13)19(17)22-20(23)14-7-9-21-18(11-14)26-15-8-10-25-12-15/h5-7,9,11,15H,2-4,8,10,12H2,1H3,(H,22,23)/t15-/m1/s1. The first kappa shape index (κ1) is 16.8. The van der Waals surface area contributed by atoms with Crippen LogP contribution in [0.4, 0.5) is 5.69 Å². The highest BCUT2D eigenvalue weighted by molar-refractivity contribution is 6.05. The number of anilines is 1. The number of nitrogens with zero attached hydrogens (tertiary/aromatic N) is 1. The lowest BCUT2D eigenvalue weighted by molar-refractivity contribution is 0.102. The summed E-state index contributed by atoms with van der Waals surface area (Å²) in [5.41, 5.74) is 3.73. The number of benzene rings is 1. The number of pyridine rings is 1. The summed E-state index contributed by atoms with van der Waals surface area (Å²) in [6.45, 7) is 1.26. The second-order valence-corrected chi connectivity index (χ2v) is 6.57. The third-order valence-corrected chi connectivity index (χ3v) is 4.88. The number of rotatable bonds is 5. The van der Waals surface area contributed by atoms with Gasteiger partial charge in [0.05, 0.1) is 26.0 Å². The van der Waals surface area contributed by atoms with Crippen molar-refractivity contribution in [1.82, 2.24) is 4.98 Å². The largest absolute Gasteiger partial charge is 0.495 e. The monoisotopic (exact) mass is 354 g/mol. The molecule has 1 atom stereocenters. The second-order valence-electron chi connectivity index (χ2n) is 6.57. The van der Waals surface area contributed by atoms with E-state index in [4.69, 9.17) is 14.2 Å². The molecule has 1 aromatic carbocycles. The Morgan fingerprint density at radius 1 is 1.31 bits per heavy atom. The molecule has 6 nitrogen and oxygen atoms in total. The van der Waals surface area contributed by atoms with Gasteiger partial charge in [-0.1, -0.05) is 6.07 Å². The van der Waals surface area contributed by atoms with Crippen molar-refractivity contribution in [2.24, 2.45) is 0 Å². The van der Waals surface area contributed by atoms with Crippen LogP contribution >= 0.6 is 0 Å². The number of carbonyl (C=O) groups is 1. The molecule has 2 aromatic rings. The van der Waals surface area contributed by atoms with Crippen molar-refractivity contribution >= 4 is 11.6 Å². The van der Waals surface area contributed by atoms with E-state index in [2.05, 4.69) is 16.4 Å². The van der Waals surface area contributed by atoms with Crippen LogP contribution in [-0.2, 0) is 17.6 Å². The fourth-order valence-electron chi connectivity index (χ4n) is 3.53. The Labute approximate surface area is 152 Å². The van der Waals surface area contributed by atoms with E-state index in [0.717, 1.165) is 31.4 Å². The number of ether oxygens (including phenoxy) is 3. The fraction of sp³-hybridized carbons (Fsp3) is 0.400. The molecule has 0 spiro atoms. The number of hydrogen-bond acceptors (Lipinski definition) is 5. The Bertz CT molecular complexity index is 815. The van der Waals surface area contributed by atoms with E-state index < -0.39 is 0 Å². The Balaban J connectivity index is 1.54. The molecule has 0 radical (unpaired) electrons. The maximum Gasteiger partial charge on any atom is 0.256 e. The van der Waals surface area contributed by atoms with Gasteiger partial charge < -0.3 is 19.5 Å². The van der Waals surface area contributed by atoms with Gasteiger partial charge in [0, 0.05) is 24.2 Å². The van der Waals surface area contributed by atoms with Crippen LogP contribution in [0.1, 0.15) is 34.3 Å². The summed E-state index contributed by atoms with van der Waals surface area (Å²) < 4.78 is 16.6. The van der Waals surface area contributed by atoms with E-state index >= 15 is 0 Å². The molecular weight excluding hydrogens is 332 g/mol. The summed E-state index contributed by atoms with van der Waals surface area (Å²) in [5, 5.41) is 3.03. The Morgan fingerprint density at radius 3 is 3.04 bits per heavy atom. The van der Waals surface area contributed by atoms with Gasteiger partial charge in [0.15, 0.2) is 0 Å². The molecule has 1 aromatic heterocycles. The van der Waals surface area contributed by atoms with Gasteiger partial charge in [-0.05, 0) is 42.5 Å². The molecular formula is C20H22N2O4. The minimum Gasteiger partial charge on any atom is -0.495 e. The van der Waals surface area contributed by atoms with Gasteiger partial charge in [0.25, 0.3) is 5.91 Å². The minimum absolute atomic E-state index is 0.00158. The number of carbonyl (C=O) groups excluding carboxylic acids is 1. The van der Waals surface area contributed by atoms with Gasteiger partial charge >= 0.3 is 0 Å². The van der Waals surface area contributed by atoms with Crippen molar-refractivity contribution in [2.45, 2.75) is 31.8 Å². The summed E-state index contributed by atoms with van der Waals surface area (Å²) in [6, 6.07) is 7.35. The summed E-state index contributed by atoms with van der Waals surface area (Å²) in [7, 11) is 1.62. The average Bonchev–Trinajstić information content (AvgIpc) is 3.34. The van der Waals surface area contributed by atoms with Crippen LogP contribution in [-0.4, -0.2) is 37.3 Å². The molecule has 6 heteroatoms. The number of hydrogen-bond donors (Lipinski definition) is 1. The first-order valence-electron chi connectivity index (χ1n) is 8.95. The molecule has 1 saturated heterocycles. The lowest BCUT2D eigenvalue weighted by atomic mass is 10.1. The summed E-state index contributed by atoms with van der Waals surface area (Å²) >= 11 is 0. The van der Waals surface area contributed by atoms with Crippen molar-refractivity contribution in [3.8, 4) is 11.6 Å². The molecule has 2 aliphatic rings. The maximum absolute atomic E-state index is 12.8. The molecule has 136 valence electrons. The summed E-state index contributed by atoms with van der Waals surface area (Å²) in [5.74, 6) is 0.935. The SMILES string of the molecule is COc1ccc2c(c1NC(=O)c1ccnc(O[C@@H]3CCOC3)c1)CCC2. The normalized spacial score (nSPS) is 18.4. The van der Waals surface area contributed by atoms with Crippen molar-refractivity contribution in [3.05, 3.63) is 47.2 Å². The predicted molar refractivity (Wildman–Crippen MR) is 97.1 cm³/mol. The minimum atomic E-state index is -0.196. The lowest BCUT2D eigenvalue weighted by Gasteiger charge is -2.15. The molecule has 26 heavy (non-hydrogen) atoms. The van der Waals surface area contributed by atoms with E-state index in [0.29, 0.717) is 30.4 Å². The van der Waals surface area contributed by atoms with Crippen molar-refractivity contribution in [2.75, 3.05) is 25.6 Å². The number of nitrogens with one attached hydrogen (secondary N) is 1. The van der Waals surface area contributed by atoms with Gasteiger partial charge in [-0.3, -0.25) is 4.79 Å². The lowest BCUT2D eigenvalue weighted by Crippen LogP contribution is -2.18. The van der Waals surface area contributed by atoms with Crippen molar-refractivity contribution in [3.63, 3.8) is 0 Å². The van der Waals surface area contributed by atoms with Crippen LogP contribution in [0.15, 0.2) is 30.5 Å². The Morgan fingerprint density at radius 2 is 2.23 bits per heavy atom. The van der Waals surface area contributed by atoms with E-state index in [1.165, 1.54) is 11.1 Å². The van der Waals surface area contributed by atoms with Crippen LogP contribution in [0.5, 0.6) is 11.6 Å². The highest BCUT2D eigenvalue weighted by Crippen LogP contribution is 2.36. The fourth-order valence-corrected chi connectivity index (χ4v) is 3.53. The molecule has 2 heterocycles. The van der Waals surface area contributed by atoms with Crippen LogP contribution in [0, 0.1) is 0 Å². The molecule has 0 saturated carbocycles. The molecule has 1 aliphatic heterocycles. The van der Waals surface area contributed by atoms with Crippen molar-refractivity contribution < 1.29 is 19.0 Å². The molecule has 1 amide bonds. The number of amides is 1. The smallest absolute Gasteiger partial charge is 0.256 e. The molecule has 1 fully saturated rings. The van der Waals surface area contributed by atoms with Gasteiger partial charge in [0.2, 0.25) is 5.88 Å². The van der Waals surface area contributed by atoms with E-state index in [9.17, 15) is 4.79 Å². The number of methoxy groups -OCH3 is 1. The van der Waals surface area contributed by atoms with Crippen LogP contribution in [0.3, 0.4) is 0 Å². The molecule has 4 rings (SSSR count). The van der Waals surface area contributed by atoms with Gasteiger partial charge in [-0.25, -0.2) is 4.98 Å². The predicted octanol–water partition coefficient (Wildman–Crippen LogP) is 3.00. The quantitative estimate of drug-likeness (QED) is 0.894. The first-order chi connectivity index (χ1) is 12.7. The van der Waals surface area contributed by atoms with E-state index in [1.807, 2.05) is 6.07 Å². The van der Waals surface area contributed by atoms with Crippen LogP contribution < -0.4 is 14.8 Å². The highest BCUT2D eigenvalue weighted by Gasteiger charge is 2.22. The number of aryl methyl sites for hydroxylation is 1. The van der Waals surface area contributed by atoms with Gasteiger partial charge in [-0.15, -0.1) is 0 Å². The molecule has 1 N–H and O–H groups in total. The Kier molecular flexibility index (Phi) is 4.75. The summed E-state index contributed by atoms with van der Waals surface area (Å²) in [6.07, 6.45) is 5.52. The maximum atomic E-state index is 12.8. The second kappa shape index (κ2) is 7.33. The first-order valence-corrected chi connectivity index (χ1v) is 8.95. The van der Waals surface area contributed by atoms with E-state index in [-0.39, 0.29) is 12.0 Å². The average molecular weight is 354 g/mol. The summed E-state index contributed by atoms with van der Waals surface area (Å²) in [4.78, 5) is 17.0. The molecule has 0 unspecified atom stereocenters. The molecule has 1 aliphatic carbocycles.